The van der Waals surface area contributed by atoms with E-state index in [2.05, 4.69) is 29.3 Å². The number of benzene rings is 1. The van der Waals surface area contributed by atoms with E-state index in [1.807, 2.05) is 12.1 Å². The molecular formula is C17H15NO2S. The Kier molecular flexibility index (Phi) is 4.05. The van der Waals surface area contributed by atoms with Crippen molar-refractivity contribution in [1.82, 2.24) is 5.32 Å². The topological polar surface area (TPSA) is 49.3 Å². The molecule has 21 heavy (non-hydrogen) atoms. The van der Waals surface area contributed by atoms with E-state index in [9.17, 15) is 4.79 Å². The van der Waals surface area contributed by atoms with Crippen molar-refractivity contribution in [2.24, 2.45) is 0 Å². The molecule has 0 radical (unpaired) electrons. The molecule has 2 N–H and O–H groups in total. The van der Waals surface area contributed by atoms with Crippen LogP contribution in [-0.4, -0.2) is 24.2 Å². The highest BCUT2D eigenvalue weighted by Gasteiger charge is 2.25. The zero-order chi connectivity index (χ0) is 14.7. The first-order valence-electron chi connectivity index (χ1n) is 6.83. The molecule has 1 amide bonds. The van der Waals surface area contributed by atoms with Gasteiger partial charge in [0.2, 0.25) is 0 Å². The van der Waals surface area contributed by atoms with Crippen molar-refractivity contribution in [3.63, 3.8) is 0 Å². The lowest BCUT2D eigenvalue weighted by Crippen LogP contribution is -2.32. The van der Waals surface area contributed by atoms with Gasteiger partial charge in [0.1, 0.15) is 6.61 Å². The summed E-state index contributed by atoms with van der Waals surface area (Å²) < 4.78 is 0. The van der Waals surface area contributed by atoms with Gasteiger partial charge in [0.15, 0.2) is 0 Å². The summed E-state index contributed by atoms with van der Waals surface area (Å²) in [7, 11) is 0. The Morgan fingerprint density at radius 1 is 1.33 bits per heavy atom. The van der Waals surface area contributed by atoms with Gasteiger partial charge in [0, 0.05) is 12.5 Å². The Balaban J connectivity index is 1.57. The van der Waals surface area contributed by atoms with E-state index < -0.39 is 0 Å². The number of carbonyl (C=O) groups is 1. The third kappa shape index (κ3) is 2.99. The molecule has 1 aliphatic rings. The van der Waals surface area contributed by atoms with Crippen molar-refractivity contribution in [1.29, 1.82) is 0 Å². The number of aliphatic hydroxyl groups excluding tert-OH is 1. The molecule has 3 nitrogen and oxygen atoms in total. The lowest BCUT2D eigenvalue weighted by Gasteiger charge is -2.30. The van der Waals surface area contributed by atoms with E-state index in [0.717, 1.165) is 11.3 Å². The fourth-order valence-corrected chi connectivity index (χ4v) is 3.30. The Labute approximate surface area is 127 Å². The minimum Gasteiger partial charge on any atom is -0.384 e. The maximum atomic E-state index is 12.1. The van der Waals surface area contributed by atoms with Gasteiger partial charge in [0.05, 0.1) is 9.75 Å². The molecule has 3 rings (SSSR count). The van der Waals surface area contributed by atoms with Crippen molar-refractivity contribution in [3.8, 4) is 11.8 Å². The quantitative estimate of drug-likeness (QED) is 0.853. The summed E-state index contributed by atoms with van der Waals surface area (Å²) in [6, 6.07) is 11.9. The zero-order valence-corrected chi connectivity index (χ0v) is 12.2. The number of aliphatic hydroxyl groups is 1. The fraction of sp³-hybridized carbons (Fsp3) is 0.235. The third-order valence-corrected chi connectivity index (χ3v) is 4.59. The standard InChI is InChI=1S/C17H15NO2S/c19-9-3-5-14-7-8-16(21-14)17(20)18-11-13-10-12-4-1-2-6-15(12)13/h1-2,4,6-8,13,19H,9-11H2,(H,18,20). The number of nitrogens with one attached hydrogen (secondary N) is 1. The fourth-order valence-electron chi connectivity index (χ4n) is 2.50. The van der Waals surface area contributed by atoms with Gasteiger partial charge in [-0.15, -0.1) is 11.3 Å². The Bertz CT molecular complexity index is 724. The number of fused-ring (bicyclic) bond motifs is 1. The van der Waals surface area contributed by atoms with Gasteiger partial charge in [-0.3, -0.25) is 4.79 Å². The number of rotatable bonds is 3. The first-order valence-corrected chi connectivity index (χ1v) is 7.65. The molecule has 1 unspecified atom stereocenters. The van der Waals surface area contributed by atoms with Crippen LogP contribution in [0.15, 0.2) is 36.4 Å². The number of carbonyl (C=O) groups excluding carboxylic acids is 1. The molecule has 106 valence electrons. The van der Waals surface area contributed by atoms with Crippen LogP contribution >= 0.6 is 11.3 Å². The molecule has 0 spiro atoms. The normalized spacial score (nSPS) is 15.4. The van der Waals surface area contributed by atoms with Crippen molar-refractivity contribution >= 4 is 17.2 Å². The molecular weight excluding hydrogens is 282 g/mol. The molecule has 1 aromatic carbocycles. The molecule has 0 saturated carbocycles. The van der Waals surface area contributed by atoms with Crippen molar-refractivity contribution in [3.05, 3.63) is 57.3 Å². The average Bonchev–Trinajstić information content (AvgIpc) is 2.95. The third-order valence-electron chi connectivity index (χ3n) is 3.59. The highest BCUT2D eigenvalue weighted by molar-refractivity contribution is 7.14. The average molecular weight is 297 g/mol. The monoisotopic (exact) mass is 297 g/mol. The smallest absolute Gasteiger partial charge is 0.261 e. The van der Waals surface area contributed by atoms with E-state index in [-0.39, 0.29) is 12.5 Å². The molecule has 1 aromatic heterocycles. The van der Waals surface area contributed by atoms with Gasteiger partial charge in [-0.25, -0.2) is 0 Å². The maximum Gasteiger partial charge on any atom is 0.261 e. The molecule has 0 aliphatic heterocycles. The first-order chi connectivity index (χ1) is 10.3. The largest absolute Gasteiger partial charge is 0.384 e. The van der Waals surface area contributed by atoms with Gasteiger partial charge in [-0.1, -0.05) is 36.1 Å². The molecule has 0 bridgehead atoms. The molecule has 1 heterocycles. The predicted octanol–water partition coefficient (Wildman–Crippen LogP) is 2.16. The first kappa shape index (κ1) is 13.9. The van der Waals surface area contributed by atoms with Gasteiger partial charge in [0.25, 0.3) is 5.91 Å². The molecule has 2 aromatic rings. The second-order valence-electron chi connectivity index (χ2n) is 4.93. The summed E-state index contributed by atoms with van der Waals surface area (Å²) in [5.74, 6) is 5.76. The molecule has 0 saturated heterocycles. The van der Waals surface area contributed by atoms with E-state index >= 15 is 0 Å². The van der Waals surface area contributed by atoms with E-state index in [4.69, 9.17) is 5.11 Å². The van der Waals surface area contributed by atoms with Crippen LogP contribution in [0.5, 0.6) is 0 Å². The van der Waals surface area contributed by atoms with E-state index in [0.29, 0.717) is 17.3 Å². The Hall–Kier alpha value is -2.09. The number of hydrogen-bond acceptors (Lipinski definition) is 3. The Morgan fingerprint density at radius 3 is 3.00 bits per heavy atom. The van der Waals surface area contributed by atoms with Crippen molar-refractivity contribution < 1.29 is 9.90 Å². The van der Waals surface area contributed by atoms with E-state index in [1.165, 1.54) is 22.5 Å². The number of hydrogen-bond donors (Lipinski definition) is 2. The van der Waals surface area contributed by atoms with Crippen LogP contribution in [0.1, 0.15) is 31.6 Å². The highest BCUT2D eigenvalue weighted by Crippen LogP contribution is 2.34. The Morgan fingerprint density at radius 2 is 2.19 bits per heavy atom. The van der Waals surface area contributed by atoms with Crippen LogP contribution < -0.4 is 5.32 Å². The maximum absolute atomic E-state index is 12.1. The molecule has 1 atom stereocenters. The highest BCUT2D eigenvalue weighted by atomic mass is 32.1. The van der Waals surface area contributed by atoms with Crippen LogP contribution in [0.4, 0.5) is 0 Å². The van der Waals surface area contributed by atoms with Gasteiger partial charge >= 0.3 is 0 Å². The summed E-state index contributed by atoms with van der Waals surface area (Å²) in [4.78, 5) is 13.5. The van der Waals surface area contributed by atoms with Crippen LogP contribution in [0.2, 0.25) is 0 Å². The van der Waals surface area contributed by atoms with Crippen LogP contribution in [0.25, 0.3) is 0 Å². The molecule has 4 heteroatoms. The second-order valence-corrected chi connectivity index (χ2v) is 6.02. The van der Waals surface area contributed by atoms with Gasteiger partial charge in [-0.05, 0) is 29.7 Å². The summed E-state index contributed by atoms with van der Waals surface area (Å²) in [5, 5.41) is 11.6. The summed E-state index contributed by atoms with van der Waals surface area (Å²) in [6.07, 6.45) is 1.04. The SMILES string of the molecule is O=C(NCC1Cc2ccccc21)c1ccc(C#CCO)s1. The van der Waals surface area contributed by atoms with Crippen molar-refractivity contribution in [2.75, 3.05) is 13.2 Å². The summed E-state index contributed by atoms with van der Waals surface area (Å²) in [5.41, 5.74) is 2.73. The lowest BCUT2D eigenvalue weighted by atomic mass is 9.77. The molecule has 0 fully saturated rings. The van der Waals surface area contributed by atoms with Gasteiger partial charge < -0.3 is 10.4 Å². The van der Waals surface area contributed by atoms with E-state index in [1.54, 1.807) is 12.1 Å². The minimum atomic E-state index is -0.166. The second kappa shape index (κ2) is 6.13. The number of thiophene rings is 1. The van der Waals surface area contributed by atoms with Gasteiger partial charge in [-0.2, -0.15) is 0 Å². The summed E-state index contributed by atoms with van der Waals surface area (Å²) in [6.45, 7) is 0.506. The minimum absolute atomic E-state index is 0.0542. The van der Waals surface area contributed by atoms with Crippen LogP contribution in [-0.2, 0) is 6.42 Å². The van der Waals surface area contributed by atoms with Crippen LogP contribution in [0, 0.1) is 11.8 Å². The zero-order valence-electron chi connectivity index (χ0n) is 11.4. The molecule has 1 aliphatic carbocycles. The van der Waals surface area contributed by atoms with Crippen molar-refractivity contribution in [2.45, 2.75) is 12.3 Å². The van der Waals surface area contributed by atoms with Crippen LogP contribution in [0.3, 0.4) is 0 Å². The predicted molar refractivity (Wildman–Crippen MR) is 83.5 cm³/mol. The summed E-state index contributed by atoms with van der Waals surface area (Å²) >= 11 is 1.35. The lowest BCUT2D eigenvalue weighted by molar-refractivity contribution is 0.0954. The number of amides is 1.